The van der Waals surface area contributed by atoms with Gasteiger partial charge in [0.05, 0.1) is 5.41 Å². The SMILES string of the molecule is CN(C(=O)C1(c2ccc(-c3ccc(-c4nnn(C)c4NC(=O)O)cc3)cc2)CC1)S(=O)[O-]. The molecule has 0 spiro atoms. The third-order valence-corrected chi connectivity index (χ3v) is 6.26. The third kappa shape index (κ3) is 3.87. The monoisotopic (exact) mass is 454 g/mol. The van der Waals surface area contributed by atoms with Gasteiger partial charge in [-0.05, 0) is 29.5 Å². The Balaban J connectivity index is 1.56. The van der Waals surface area contributed by atoms with Crippen LogP contribution in [0.1, 0.15) is 18.4 Å². The number of benzene rings is 2. The highest BCUT2D eigenvalue weighted by Gasteiger charge is 2.52. The molecule has 2 N–H and O–H groups in total. The maximum Gasteiger partial charge on any atom is 0.410 e. The number of nitrogens with one attached hydrogen (secondary N) is 1. The fraction of sp³-hybridized carbons (Fsp3) is 0.238. The molecule has 4 rings (SSSR count). The van der Waals surface area contributed by atoms with Crippen LogP contribution in [0.5, 0.6) is 0 Å². The number of anilines is 1. The summed E-state index contributed by atoms with van der Waals surface area (Å²) >= 11 is -2.59. The quantitative estimate of drug-likeness (QED) is 0.545. The van der Waals surface area contributed by atoms with Gasteiger partial charge < -0.3 is 9.66 Å². The molecule has 1 atom stereocenters. The molecule has 10 nitrogen and oxygen atoms in total. The van der Waals surface area contributed by atoms with Crippen LogP contribution in [0.15, 0.2) is 48.5 Å². The van der Waals surface area contributed by atoms with Crippen LogP contribution in [0, 0.1) is 0 Å². The van der Waals surface area contributed by atoms with Crippen molar-refractivity contribution in [2.45, 2.75) is 18.3 Å². The second-order valence-electron chi connectivity index (χ2n) is 7.60. The molecular formula is C21H20N5O5S-. The zero-order chi connectivity index (χ0) is 23.0. The Morgan fingerprint density at radius 2 is 1.62 bits per heavy atom. The first-order valence-electron chi connectivity index (χ1n) is 9.71. The fourth-order valence-corrected chi connectivity index (χ4v) is 4.03. The fourth-order valence-electron chi connectivity index (χ4n) is 3.72. The Hall–Kier alpha value is -3.57. The van der Waals surface area contributed by atoms with Gasteiger partial charge in [-0.2, -0.15) is 0 Å². The van der Waals surface area contributed by atoms with Gasteiger partial charge in [-0.3, -0.25) is 18.6 Å². The molecule has 166 valence electrons. The van der Waals surface area contributed by atoms with Crippen LogP contribution in [0.4, 0.5) is 10.6 Å². The van der Waals surface area contributed by atoms with Crippen LogP contribution in [0.2, 0.25) is 0 Å². The number of hydrogen-bond acceptors (Lipinski definition) is 6. The molecule has 1 aliphatic rings. The van der Waals surface area contributed by atoms with Gasteiger partial charge in [-0.1, -0.05) is 53.7 Å². The number of carbonyl (C=O) groups is 2. The van der Waals surface area contributed by atoms with Crippen molar-refractivity contribution in [1.82, 2.24) is 19.3 Å². The minimum atomic E-state index is -2.59. The molecule has 0 saturated heterocycles. The molecule has 2 aromatic carbocycles. The number of amides is 2. The maximum atomic E-state index is 12.6. The topological polar surface area (TPSA) is 140 Å². The number of aryl methyl sites for hydroxylation is 1. The molecule has 0 radical (unpaired) electrons. The number of rotatable bonds is 6. The summed E-state index contributed by atoms with van der Waals surface area (Å²) in [5.41, 5.74) is 3.00. The Morgan fingerprint density at radius 1 is 1.09 bits per heavy atom. The standard InChI is InChI=1S/C21H21N5O5S/c1-25-18(22-20(28)29)17(23-24-25)15-5-3-13(4-6-15)14-7-9-16(10-8-14)21(11-12-21)19(27)26(2)32(30)31/h3-10,22H,11-12H2,1-2H3,(H,28,29)(H,30,31)/p-1. The summed E-state index contributed by atoms with van der Waals surface area (Å²) in [6.45, 7) is 0. The summed E-state index contributed by atoms with van der Waals surface area (Å²) in [6.07, 6.45) is 0.0336. The van der Waals surface area contributed by atoms with E-state index in [0.29, 0.717) is 24.1 Å². The van der Waals surface area contributed by atoms with Crippen molar-refractivity contribution in [3.05, 3.63) is 54.1 Å². The van der Waals surface area contributed by atoms with Crippen LogP contribution in [0.3, 0.4) is 0 Å². The minimum Gasteiger partial charge on any atom is -0.755 e. The lowest BCUT2D eigenvalue weighted by Gasteiger charge is -2.25. The van der Waals surface area contributed by atoms with Gasteiger partial charge in [0, 0.05) is 30.9 Å². The molecule has 1 unspecified atom stereocenters. The van der Waals surface area contributed by atoms with Crippen molar-refractivity contribution < 1.29 is 23.5 Å². The number of hydrogen-bond donors (Lipinski definition) is 2. The molecular weight excluding hydrogens is 434 g/mol. The predicted molar refractivity (Wildman–Crippen MR) is 116 cm³/mol. The molecule has 1 heterocycles. The summed E-state index contributed by atoms with van der Waals surface area (Å²) in [4.78, 5) is 23.6. The summed E-state index contributed by atoms with van der Waals surface area (Å²) < 4.78 is 24.4. The van der Waals surface area contributed by atoms with Crippen LogP contribution in [-0.4, -0.2) is 52.2 Å². The van der Waals surface area contributed by atoms with E-state index < -0.39 is 28.7 Å². The van der Waals surface area contributed by atoms with Gasteiger partial charge >= 0.3 is 6.09 Å². The number of carbonyl (C=O) groups excluding carboxylic acids is 1. The molecule has 11 heteroatoms. The van der Waals surface area contributed by atoms with Crippen molar-refractivity contribution >= 4 is 29.1 Å². The lowest BCUT2D eigenvalue weighted by atomic mass is 9.92. The van der Waals surface area contributed by atoms with Crippen molar-refractivity contribution in [2.75, 3.05) is 12.4 Å². The van der Waals surface area contributed by atoms with E-state index in [-0.39, 0.29) is 5.82 Å². The second-order valence-corrected chi connectivity index (χ2v) is 8.58. The van der Waals surface area contributed by atoms with Gasteiger partial charge in [-0.25, -0.2) is 9.48 Å². The van der Waals surface area contributed by atoms with Gasteiger partial charge in [0.25, 0.3) is 0 Å². The highest BCUT2D eigenvalue weighted by molar-refractivity contribution is 7.77. The third-order valence-electron chi connectivity index (χ3n) is 5.65. The van der Waals surface area contributed by atoms with E-state index in [1.54, 1.807) is 7.05 Å². The van der Waals surface area contributed by atoms with E-state index in [0.717, 1.165) is 21.0 Å². The van der Waals surface area contributed by atoms with E-state index >= 15 is 0 Å². The smallest absolute Gasteiger partial charge is 0.410 e. The number of likely N-dealkylation sites (N-methyl/N-ethyl adjacent to an activating group) is 1. The molecule has 32 heavy (non-hydrogen) atoms. The molecule has 1 aliphatic carbocycles. The van der Waals surface area contributed by atoms with E-state index in [2.05, 4.69) is 15.6 Å². The summed E-state index contributed by atoms with van der Waals surface area (Å²) in [5.74, 6) is -0.143. The van der Waals surface area contributed by atoms with E-state index in [9.17, 15) is 18.4 Å². The summed E-state index contributed by atoms with van der Waals surface area (Å²) in [6, 6.07) is 14.9. The largest absolute Gasteiger partial charge is 0.755 e. The first kappa shape index (κ1) is 21.7. The number of aromatic nitrogens is 3. The Kier molecular flexibility index (Phi) is 5.53. The van der Waals surface area contributed by atoms with Crippen LogP contribution >= 0.6 is 0 Å². The predicted octanol–water partition coefficient (Wildman–Crippen LogP) is 2.52. The molecule has 0 bridgehead atoms. The first-order chi connectivity index (χ1) is 15.2. The van der Waals surface area contributed by atoms with Crippen molar-refractivity contribution in [2.24, 2.45) is 7.05 Å². The zero-order valence-corrected chi connectivity index (χ0v) is 18.1. The van der Waals surface area contributed by atoms with Crippen molar-refractivity contribution in [3.63, 3.8) is 0 Å². The maximum absolute atomic E-state index is 12.6. The minimum absolute atomic E-state index is 0.276. The van der Waals surface area contributed by atoms with Crippen LogP contribution < -0.4 is 5.32 Å². The lowest BCUT2D eigenvalue weighted by molar-refractivity contribution is -0.128. The van der Waals surface area contributed by atoms with E-state index in [1.807, 2.05) is 48.5 Å². The van der Waals surface area contributed by atoms with Gasteiger partial charge in [0.2, 0.25) is 5.91 Å². The highest BCUT2D eigenvalue weighted by atomic mass is 32.2. The average Bonchev–Trinajstić information content (AvgIpc) is 3.52. The normalized spacial score (nSPS) is 15.1. The molecule has 3 aromatic rings. The van der Waals surface area contributed by atoms with Crippen LogP contribution in [0.25, 0.3) is 22.4 Å². The molecule has 1 aromatic heterocycles. The number of nitrogens with zero attached hydrogens (tertiary/aromatic N) is 4. The Labute approximate surface area is 186 Å². The van der Waals surface area contributed by atoms with Crippen LogP contribution in [-0.2, 0) is 28.5 Å². The molecule has 2 amide bonds. The molecule has 1 fully saturated rings. The number of carboxylic acid groups (broad SMARTS) is 1. The van der Waals surface area contributed by atoms with E-state index in [1.165, 1.54) is 11.7 Å². The highest BCUT2D eigenvalue weighted by Crippen LogP contribution is 2.49. The van der Waals surface area contributed by atoms with Crippen molar-refractivity contribution in [3.8, 4) is 22.4 Å². The van der Waals surface area contributed by atoms with Gasteiger partial charge in [0.15, 0.2) is 5.82 Å². The Morgan fingerprint density at radius 3 is 2.12 bits per heavy atom. The summed E-state index contributed by atoms with van der Waals surface area (Å²) in [5, 5.41) is 19.2. The van der Waals surface area contributed by atoms with Gasteiger partial charge in [0.1, 0.15) is 5.69 Å². The zero-order valence-electron chi connectivity index (χ0n) is 17.3. The van der Waals surface area contributed by atoms with Gasteiger partial charge in [-0.15, -0.1) is 5.10 Å². The first-order valence-corrected chi connectivity index (χ1v) is 10.7. The second kappa shape index (κ2) is 8.17. The molecule has 0 aliphatic heterocycles. The van der Waals surface area contributed by atoms with E-state index in [4.69, 9.17) is 5.11 Å². The lowest BCUT2D eigenvalue weighted by Crippen LogP contribution is -2.37. The molecule has 1 saturated carbocycles. The average molecular weight is 454 g/mol. The summed E-state index contributed by atoms with van der Waals surface area (Å²) in [7, 11) is 2.86. The Bertz CT molecular complexity index is 1200. The van der Waals surface area contributed by atoms with Crippen molar-refractivity contribution in [1.29, 1.82) is 0 Å².